The second-order valence-electron chi connectivity index (χ2n) is 3.99. The predicted octanol–water partition coefficient (Wildman–Crippen LogP) is 1.28. The van der Waals surface area contributed by atoms with Crippen LogP contribution in [0.4, 0.5) is 5.69 Å². The van der Waals surface area contributed by atoms with Crippen molar-refractivity contribution in [3.63, 3.8) is 0 Å². The number of carbonyl (C=O) groups is 2. The number of nitro groups is 1. The number of thioether (sulfide) groups is 1. The van der Waals surface area contributed by atoms with Gasteiger partial charge in [-0.2, -0.15) is 0 Å². The smallest absolute Gasteiger partial charge is 0.327 e. The Kier molecular flexibility index (Phi) is 5.97. The first-order chi connectivity index (χ1) is 9.85. The molecule has 8 nitrogen and oxygen atoms in total. The molecule has 0 saturated carbocycles. The maximum atomic E-state index is 11.0. The van der Waals surface area contributed by atoms with Crippen LogP contribution in [0.2, 0.25) is 0 Å². The number of aliphatic carboxylic acids is 1. The normalized spacial score (nSPS) is 11.5. The number of nitro benzene ring substituents is 1. The van der Waals surface area contributed by atoms with Crippen molar-refractivity contribution in [3.8, 4) is 5.75 Å². The summed E-state index contributed by atoms with van der Waals surface area (Å²) < 4.78 is 4.93. The summed E-state index contributed by atoms with van der Waals surface area (Å²) in [5, 5.41) is 22.0. The Labute approximate surface area is 124 Å². The van der Waals surface area contributed by atoms with Gasteiger partial charge >= 0.3 is 11.7 Å². The number of benzene rings is 1. The Balaban J connectivity index is 2.81. The van der Waals surface area contributed by atoms with E-state index in [0.717, 1.165) is 11.8 Å². The molecule has 0 aliphatic heterocycles. The molecule has 1 aromatic carbocycles. The third-order valence-corrected chi connectivity index (χ3v) is 3.53. The summed E-state index contributed by atoms with van der Waals surface area (Å²) in [6, 6.07) is 3.21. The first kappa shape index (κ1) is 16.8. The molecule has 21 heavy (non-hydrogen) atoms. The maximum Gasteiger partial charge on any atom is 0.327 e. The predicted molar refractivity (Wildman–Crippen MR) is 75.6 cm³/mol. The lowest BCUT2D eigenvalue weighted by molar-refractivity contribution is -0.385. The zero-order valence-corrected chi connectivity index (χ0v) is 12.2. The van der Waals surface area contributed by atoms with Crippen LogP contribution in [0.3, 0.4) is 0 Å². The van der Waals surface area contributed by atoms with Gasteiger partial charge in [0, 0.05) is 29.7 Å². The Hall–Kier alpha value is -2.29. The highest BCUT2D eigenvalue weighted by Crippen LogP contribution is 2.31. The fourth-order valence-corrected chi connectivity index (χ4v) is 2.44. The van der Waals surface area contributed by atoms with Crippen LogP contribution in [-0.4, -0.2) is 40.8 Å². The fourth-order valence-electron chi connectivity index (χ4n) is 1.50. The van der Waals surface area contributed by atoms with Gasteiger partial charge in [0.15, 0.2) is 5.75 Å². The van der Waals surface area contributed by atoms with E-state index >= 15 is 0 Å². The molecule has 0 saturated heterocycles. The molecule has 0 fully saturated rings. The number of methoxy groups -OCH3 is 1. The number of carboxylic acids is 1. The first-order valence-electron chi connectivity index (χ1n) is 5.80. The average molecular weight is 314 g/mol. The molecule has 0 aliphatic carbocycles. The van der Waals surface area contributed by atoms with Crippen molar-refractivity contribution in [3.05, 3.63) is 28.3 Å². The first-order valence-corrected chi connectivity index (χ1v) is 6.79. The summed E-state index contributed by atoms with van der Waals surface area (Å²) in [6.45, 7) is 1.23. The van der Waals surface area contributed by atoms with Crippen LogP contribution in [0.1, 0.15) is 6.92 Å². The molecule has 1 aromatic rings. The third kappa shape index (κ3) is 4.95. The monoisotopic (exact) mass is 314 g/mol. The van der Waals surface area contributed by atoms with Crippen molar-refractivity contribution < 1.29 is 24.4 Å². The summed E-state index contributed by atoms with van der Waals surface area (Å²) in [4.78, 5) is 32.7. The number of carboxylic acid groups (broad SMARTS) is 1. The standard InChI is InChI=1S/C12H14N2O6S/c1-7(15)13-9(12(16)17)6-21-8-3-4-10(14(18)19)11(5-8)20-2/h3-5,9H,6H2,1-2H3,(H,13,15)(H,16,17)/t9-/m0/s1. The number of rotatable bonds is 7. The summed E-state index contributed by atoms with van der Waals surface area (Å²) in [5.41, 5.74) is -0.168. The van der Waals surface area contributed by atoms with Crippen molar-refractivity contribution in [1.29, 1.82) is 0 Å². The summed E-state index contributed by atoms with van der Waals surface area (Å²) >= 11 is 1.15. The lowest BCUT2D eigenvalue weighted by atomic mass is 10.3. The number of hydrogen-bond donors (Lipinski definition) is 2. The molecule has 0 aromatic heterocycles. The number of nitrogens with zero attached hydrogens (tertiary/aromatic N) is 1. The van der Waals surface area contributed by atoms with Gasteiger partial charge in [-0.15, -0.1) is 11.8 Å². The number of hydrogen-bond acceptors (Lipinski definition) is 6. The van der Waals surface area contributed by atoms with Crippen molar-refractivity contribution in [2.45, 2.75) is 17.9 Å². The van der Waals surface area contributed by atoms with Gasteiger partial charge in [0.2, 0.25) is 5.91 Å². The summed E-state index contributed by atoms with van der Waals surface area (Å²) in [6.07, 6.45) is 0. The third-order valence-electron chi connectivity index (χ3n) is 2.44. The highest BCUT2D eigenvalue weighted by atomic mass is 32.2. The van der Waals surface area contributed by atoms with Crippen molar-refractivity contribution in [1.82, 2.24) is 5.32 Å². The molecule has 2 N–H and O–H groups in total. The van der Waals surface area contributed by atoms with E-state index in [2.05, 4.69) is 5.32 Å². The molecular formula is C12H14N2O6S. The van der Waals surface area contributed by atoms with Crippen LogP contribution in [0.25, 0.3) is 0 Å². The van der Waals surface area contributed by atoms with Gasteiger partial charge < -0.3 is 15.2 Å². The molecule has 114 valence electrons. The van der Waals surface area contributed by atoms with E-state index in [1.807, 2.05) is 0 Å². The SMILES string of the molecule is COc1cc(SC[C@H](NC(C)=O)C(=O)O)ccc1[N+](=O)[O-]. The number of carbonyl (C=O) groups excluding carboxylic acids is 1. The van der Waals surface area contributed by atoms with E-state index in [9.17, 15) is 19.7 Å². The molecule has 0 spiro atoms. The number of ether oxygens (including phenoxy) is 1. The van der Waals surface area contributed by atoms with Crippen LogP contribution in [-0.2, 0) is 9.59 Å². The Morgan fingerprint density at radius 3 is 2.67 bits per heavy atom. The van der Waals surface area contributed by atoms with Gasteiger partial charge in [-0.3, -0.25) is 14.9 Å². The highest BCUT2D eigenvalue weighted by molar-refractivity contribution is 7.99. The molecular weight excluding hydrogens is 300 g/mol. The fraction of sp³-hybridized carbons (Fsp3) is 0.333. The second-order valence-corrected chi connectivity index (χ2v) is 5.09. The quantitative estimate of drug-likeness (QED) is 0.442. The topological polar surface area (TPSA) is 119 Å². The zero-order chi connectivity index (χ0) is 16.0. The van der Waals surface area contributed by atoms with E-state index in [1.54, 1.807) is 0 Å². The second kappa shape index (κ2) is 7.48. The molecule has 9 heteroatoms. The van der Waals surface area contributed by atoms with Gasteiger partial charge in [0.1, 0.15) is 6.04 Å². The van der Waals surface area contributed by atoms with Crippen LogP contribution in [0.15, 0.2) is 23.1 Å². The minimum atomic E-state index is -1.15. The lowest BCUT2D eigenvalue weighted by Crippen LogP contribution is -2.41. The van der Waals surface area contributed by atoms with E-state index in [-0.39, 0.29) is 17.2 Å². The van der Waals surface area contributed by atoms with Crippen LogP contribution in [0, 0.1) is 10.1 Å². The lowest BCUT2D eigenvalue weighted by Gasteiger charge is -2.13. The zero-order valence-electron chi connectivity index (χ0n) is 11.4. The van der Waals surface area contributed by atoms with Gasteiger partial charge in [-0.25, -0.2) is 4.79 Å². The number of amides is 1. The van der Waals surface area contributed by atoms with E-state index in [4.69, 9.17) is 9.84 Å². The minimum absolute atomic E-state index is 0.0931. The summed E-state index contributed by atoms with van der Waals surface area (Å²) in [5.74, 6) is -1.40. The molecule has 0 radical (unpaired) electrons. The Morgan fingerprint density at radius 2 is 2.19 bits per heavy atom. The van der Waals surface area contributed by atoms with Crippen molar-refractivity contribution in [2.24, 2.45) is 0 Å². The molecule has 1 amide bonds. The summed E-state index contributed by atoms with van der Waals surface area (Å²) in [7, 11) is 1.31. The van der Waals surface area contributed by atoms with Gasteiger partial charge in [-0.1, -0.05) is 0 Å². The van der Waals surface area contributed by atoms with Gasteiger partial charge in [0.25, 0.3) is 0 Å². The van der Waals surface area contributed by atoms with Gasteiger partial charge in [-0.05, 0) is 6.07 Å². The van der Waals surface area contributed by atoms with Crippen LogP contribution < -0.4 is 10.1 Å². The maximum absolute atomic E-state index is 11.0. The van der Waals surface area contributed by atoms with Crippen molar-refractivity contribution >= 4 is 29.3 Å². The Bertz CT molecular complexity index is 563. The van der Waals surface area contributed by atoms with Crippen LogP contribution >= 0.6 is 11.8 Å². The largest absolute Gasteiger partial charge is 0.490 e. The molecule has 0 unspecified atom stereocenters. The average Bonchev–Trinajstić information content (AvgIpc) is 2.42. The molecule has 0 heterocycles. The van der Waals surface area contributed by atoms with Crippen LogP contribution in [0.5, 0.6) is 5.75 Å². The van der Waals surface area contributed by atoms with Gasteiger partial charge in [0.05, 0.1) is 12.0 Å². The van der Waals surface area contributed by atoms with E-state index in [0.29, 0.717) is 4.90 Å². The minimum Gasteiger partial charge on any atom is -0.490 e. The van der Waals surface area contributed by atoms with E-state index in [1.165, 1.54) is 32.2 Å². The molecule has 1 atom stereocenters. The highest BCUT2D eigenvalue weighted by Gasteiger charge is 2.20. The Morgan fingerprint density at radius 1 is 1.52 bits per heavy atom. The number of nitrogens with one attached hydrogen (secondary N) is 1. The van der Waals surface area contributed by atoms with Crippen molar-refractivity contribution in [2.75, 3.05) is 12.9 Å². The molecule has 0 aliphatic rings. The van der Waals surface area contributed by atoms with E-state index < -0.39 is 22.8 Å². The molecule has 1 rings (SSSR count). The molecule has 0 bridgehead atoms.